The molecule has 1 aromatic rings. The molecule has 0 spiro atoms. The molecule has 68 valence electrons. The maximum Gasteiger partial charge on any atom is 0.0447 e. The molecular weight excluding hydrogens is 180 g/mol. The molecule has 1 aromatic carbocycles. The first kappa shape index (κ1) is 8.83. The molecule has 0 saturated heterocycles. The highest BCUT2D eigenvalue weighted by molar-refractivity contribution is 6.49. The molecule has 0 atom stereocenters. The van der Waals surface area contributed by atoms with Crippen molar-refractivity contribution in [3.63, 3.8) is 0 Å². The molecule has 0 radical (unpaired) electrons. The van der Waals surface area contributed by atoms with Crippen LogP contribution in [0.2, 0.25) is 0 Å². The van der Waals surface area contributed by atoms with Crippen LogP contribution in [0.3, 0.4) is 0 Å². The summed E-state index contributed by atoms with van der Waals surface area (Å²) in [5.74, 6) is 0.551. The van der Waals surface area contributed by atoms with E-state index in [4.69, 9.17) is 11.6 Å². The lowest BCUT2D eigenvalue weighted by atomic mass is 9.95. The summed E-state index contributed by atoms with van der Waals surface area (Å²) >= 11 is 6.15. The molecule has 0 fully saturated rings. The van der Waals surface area contributed by atoms with Gasteiger partial charge in [0.2, 0.25) is 0 Å². The Balaban J connectivity index is 2.60. The predicted octanol–water partition coefficient (Wildman–Crippen LogP) is 3.95. The zero-order valence-electron chi connectivity index (χ0n) is 7.97. The molecule has 1 aliphatic carbocycles. The van der Waals surface area contributed by atoms with Crippen molar-refractivity contribution >= 4 is 16.6 Å². The largest absolute Gasteiger partial charge is 0.0840 e. The Morgan fingerprint density at radius 2 is 2.08 bits per heavy atom. The zero-order valence-corrected chi connectivity index (χ0v) is 8.73. The molecule has 1 heteroatoms. The quantitative estimate of drug-likeness (QED) is 0.632. The van der Waals surface area contributed by atoms with E-state index in [0.717, 1.165) is 11.5 Å². The van der Waals surface area contributed by atoms with Gasteiger partial charge in [0.25, 0.3) is 0 Å². The highest BCUT2D eigenvalue weighted by atomic mass is 35.5. The Kier molecular flexibility index (Phi) is 2.17. The third kappa shape index (κ3) is 1.40. The first-order valence-corrected chi connectivity index (χ1v) is 5.05. The van der Waals surface area contributed by atoms with E-state index in [0.29, 0.717) is 5.92 Å². The van der Waals surface area contributed by atoms with Gasteiger partial charge in [0.1, 0.15) is 0 Å². The van der Waals surface area contributed by atoms with Crippen molar-refractivity contribution in [1.29, 1.82) is 0 Å². The summed E-state index contributed by atoms with van der Waals surface area (Å²) in [6, 6.07) is 6.45. The van der Waals surface area contributed by atoms with E-state index < -0.39 is 0 Å². The molecule has 0 nitrogen and oxygen atoms in total. The van der Waals surface area contributed by atoms with Crippen molar-refractivity contribution < 1.29 is 0 Å². The Bertz CT molecular complexity index is 361. The fourth-order valence-corrected chi connectivity index (χ4v) is 2.17. The molecule has 0 heterocycles. The van der Waals surface area contributed by atoms with Gasteiger partial charge in [0.05, 0.1) is 0 Å². The molecule has 0 bridgehead atoms. The smallest absolute Gasteiger partial charge is 0.0447 e. The van der Waals surface area contributed by atoms with E-state index in [2.05, 4.69) is 38.1 Å². The number of rotatable bonds is 1. The number of hydrogen-bond donors (Lipinski definition) is 0. The molecule has 1 aliphatic rings. The van der Waals surface area contributed by atoms with Crippen LogP contribution >= 0.6 is 11.6 Å². The lowest BCUT2D eigenvalue weighted by Crippen LogP contribution is -1.94. The van der Waals surface area contributed by atoms with E-state index in [1.54, 1.807) is 0 Å². The molecule has 0 N–H and O–H groups in total. The lowest BCUT2D eigenvalue weighted by molar-refractivity contribution is 0.862. The maximum absolute atomic E-state index is 6.15. The fourth-order valence-electron chi connectivity index (χ4n) is 1.86. The fraction of sp³-hybridized carbons (Fsp3) is 0.333. The third-order valence-electron chi connectivity index (χ3n) is 2.55. The highest BCUT2D eigenvalue weighted by Crippen LogP contribution is 2.35. The zero-order chi connectivity index (χ0) is 9.42. The van der Waals surface area contributed by atoms with Crippen LogP contribution < -0.4 is 0 Å². The minimum atomic E-state index is 0.551. The second-order valence-electron chi connectivity index (χ2n) is 3.79. The lowest BCUT2D eigenvalue weighted by Gasteiger charge is -2.11. The standard InChI is InChI=1S/C12H13Cl/c1-8(2)10-5-3-4-9-6-7-11(13)12(9)10/h3-5,7-8H,6H2,1-2H3. The average molecular weight is 193 g/mol. The molecule has 0 aliphatic heterocycles. The summed E-state index contributed by atoms with van der Waals surface area (Å²) in [5.41, 5.74) is 4.02. The molecule has 0 saturated carbocycles. The van der Waals surface area contributed by atoms with Gasteiger partial charge in [0, 0.05) is 5.03 Å². The SMILES string of the molecule is CC(C)c1cccc2c1C(Cl)=CC2. The summed E-state index contributed by atoms with van der Waals surface area (Å²) < 4.78 is 0. The van der Waals surface area contributed by atoms with Crippen molar-refractivity contribution in [2.75, 3.05) is 0 Å². The second-order valence-corrected chi connectivity index (χ2v) is 4.20. The number of allylic oxidation sites excluding steroid dienone is 1. The monoisotopic (exact) mass is 192 g/mol. The third-order valence-corrected chi connectivity index (χ3v) is 2.89. The van der Waals surface area contributed by atoms with Gasteiger partial charge in [-0.3, -0.25) is 0 Å². The molecule has 0 aromatic heterocycles. The summed E-state index contributed by atoms with van der Waals surface area (Å²) in [6.07, 6.45) is 3.09. The van der Waals surface area contributed by atoms with Gasteiger partial charge in [0.15, 0.2) is 0 Å². The Morgan fingerprint density at radius 1 is 1.31 bits per heavy atom. The van der Waals surface area contributed by atoms with Gasteiger partial charge in [-0.2, -0.15) is 0 Å². The normalized spacial score (nSPS) is 14.6. The van der Waals surface area contributed by atoms with Gasteiger partial charge in [-0.25, -0.2) is 0 Å². The highest BCUT2D eigenvalue weighted by Gasteiger charge is 2.17. The van der Waals surface area contributed by atoms with E-state index >= 15 is 0 Å². The number of halogens is 1. The molecule has 0 unspecified atom stereocenters. The minimum absolute atomic E-state index is 0.551. The van der Waals surface area contributed by atoms with Crippen molar-refractivity contribution in [1.82, 2.24) is 0 Å². The van der Waals surface area contributed by atoms with Crippen LogP contribution in [-0.4, -0.2) is 0 Å². The molecular formula is C12H13Cl. The van der Waals surface area contributed by atoms with Crippen LogP contribution in [0, 0.1) is 0 Å². The number of benzene rings is 1. The predicted molar refractivity (Wildman–Crippen MR) is 58.1 cm³/mol. The number of fused-ring (bicyclic) bond motifs is 1. The van der Waals surface area contributed by atoms with Crippen molar-refractivity contribution in [3.05, 3.63) is 41.0 Å². The van der Waals surface area contributed by atoms with Crippen LogP contribution in [0.5, 0.6) is 0 Å². The summed E-state index contributed by atoms with van der Waals surface area (Å²) in [4.78, 5) is 0. The van der Waals surface area contributed by atoms with Crippen LogP contribution in [0.4, 0.5) is 0 Å². The topological polar surface area (TPSA) is 0 Å². The minimum Gasteiger partial charge on any atom is -0.0840 e. The van der Waals surface area contributed by atoms with E-state index in [1.165, 1.54) is 16.7 Å². The average Bonchev–Trinajstić information content (AvgIpc) is 2.48. The molecule has 2 rings (SSSR count). The van der Waals surface area contributed by atoms with Crippen LogP contribution in [0.1, 0.15) is 36.5 Å². The Morgan fingerprint density at radius 3 is 2.77 bits per heavy atom. The number of hydrogen-bond acceptors (Lipinski definition) is 0. The van der Waals surface area contributed by atoms with Gasteiger partial charge in [-0.1, -0.05) is 49.7 Å². The Labute approximate surface area is 84.2 Å². The van der Waals surface area contributed by atoms with Gasteiger partial charge < -0.3 is 0 Å². The molecule has 13 heavy (non-hydrogen) atoms. The van der Waals surface area contributed by atoms with Crippen molar-refractivity contribution in [2.45, 2.75) is 26.2 Å². The van der Waals surface area contributed by atoms with E-state index in [-0.39, 0.29) is 0 Å². The summed E-state index contributed by atoms with van der Waals surface area (Å²) in [7, 11) is 0. The first-order chi connectivity index (χ1) is 6.20. The first-order valence-electron chi connectivity index (χ1n) is 4.68. The second kappa shape index (κ2) is 3.19. The summed E-state index contributed by atoms with van der Waals surface area (Å²) in [5, 5.41) is 0.930. The van der Waals surface area contributed by atoms with Gasteiger partial charge in [-0.05, 0) is 29.0 Å². The molecule has 0 amide bonds. The van der Waals surface area contributed by atoms with Crippen LogP contribution in [0.25, 0.3) is 5.03 Å². The van der Waals surface area contributed by atoms with Crippen LogP contribution in [-0.2, 0) is 6.42 Å². The van der Waals surface area contributed by atoms with Crippen LogP contribution in [0.15, 0.2) is 24.3 Å². The Hall–Kier alpha value is -0.750. The van der Waals surface area contributed by atoms with Gasteiger partial charge in [-0.15, -0.1) is 0 Å². The maximum atomic E-state index is 6.15. The van der Waals surface area contributed by atoms with Crippen molar-refractivity contribution in [3.8, 4) is 0 Å². The summed E-state index contributed by atoms with van der Waals surface area (Å²) in [6.45, 7) is 4.41. The van der Waals surface area contributed by atoms with E-state index in [1.807, 2.05) is 0 Å². The van der Waals surface area contributed by atoms with Crippen molar-refractivity contribution in [2.24, 2.45) is 0 Å². The van der Waals surface area contributed by atoms with Gasteiger partial charge >= 0.3 is 0 Å². The van der Waals surface area contributed by atoms with E-state index in [9.17, 15) is 0 Å².